The predicted octanol–water partition coefficient (Wildman–Crippen LogP) is 5.43. The molecule has 2 aromatic rings. The van der Waals surface area contributed by atoms with Gasteiger partial charge in [0.05, 0.1) is 5.69 Å². The Balaban J connectivity index is 1.35. The number of carbonyl (C=O) groups excluding carboxylic acids is 2. The maximum atomic E-state index is 15.6. The molecule has 1 aliphatic carbocycles. The monoisotopic (exact) mass is 553 g/mol. The number of anilines is 2. The molecular formula is C30H36FN3O6. The standard InChI is InChI=1S/C30H36FN3O6/c1-19-7-9-21(10-8-19)26(33-28(36)40-17-20-5-3-2-4-6-20)27(35)32-22-15-23(31)25-24(16-22)34(29(37)38)18-30(25)11-13-39-14-12-30/h2-6,15-16,19,21,26H,7-14,17-18H2,1H3,(H,32,35)(H,33,36)(H,37,38)/t19-,21-,26?. The van der Waals surface area contributed by atoms with Crippen molar-refractivity contribution < 1.29 is 33.4 Å². The van der Waals surface area contributed by atoms with Crippen LogP contribution in [0.25, 0.3) is 0 Å². The van der Waals surface area contributed by atoms with E-state index in [4.69, 9.17) is 9.47 Å². The zero-order valence-corrected chi connectivity index (χ0v) is 22.7. The van der Waals surface area contributed by atoms with Crippen LogP contribution in [0.5, 0.6) is 0 Å². The Morgan fingerprint density at radius 2 is 1.82 bits per heavy atom. The van der Waals surface area contributed by atoms with Gasteiger partial charge in [-0.3, -0.25) is 9.69 Å². The van der Waals surface area contributed by atoms with Gasteiger partial charge in [0.15, 0.2) is 0 Å². The van der Waals surface area contributed by atoms with Gasteiger partial charge in [0.1, 0.15) is 18.5 Å². The fourth-order valence-corrected chi connectivity index (χ4v) is 6.34. The fourth-order valence-electron chi connectivity index (χ4n) is 6.34. The van der Waals surface area contributed by atoms with Crippen LogP contribution in [0.2, 0.25) is 0 Å². The third-order valence-electron chi connectivity index (χ3n) is 8.60. The van der Waals surface area contributed by atoms with E-state index in [0.29, 0.717) is 37.5 Å². The van der Waals surface area contributed by atoms with E-state index in [9.17, 15) is 19.5 Å². The molecule has 1 saturated carbocycles. The SMILES string of the molecule is C[C@H]1CC[C@H](C(NC(=O)OCc2ccccc2)C(=O)Nc2cc(F)c3c(c2)N(C(=O)O)CC32CCOCC2)CC1. The maximum absolute atomic E-state index is 15.6. The minimum absolute atomic E-state index is 0.0660. The fraction of sp³-hybridized carbons (Fsp3) is 0.500. The van der Waals surface area contributed by atoms with Gasteiger partial charge in [0.2, 0.25) is 5.91 Å². The van der Waals surface area contributed by atoms with Crippen LogP contribution in [0, 0.1) is 17.7 Å². The molecule has 1 saturated heterocycles. The van der Waals surface area contributed by atoms with E-state index in [1.54, 1.807) is 0 Å². The van der Waals surface area contributed by atoms with E-state index in [2.05, 4.69) is 17.6 Å². The Labute approximate surface area is 233 Å². The smallest absolute Gasteiger partial charge is 0.411 e. The number of halogens is 1. The Hall–Kier alpha value is -3.66. The summed E-state index contributed by atoms with van der Waals surface area (Å²) in [5.41, 5.74) is 0.915. The summed E-state index contributed by atoms with van der Waals surface area (Å²) in [4.78, 5) is 39.5. The molecule has 1 atom stereocenters. The third kappa shape index (κ3) is 5.91. The lowest BCUT2D eigenvalue weighted by atomic mass is 9.75. The van der Waals surface area contributed by atoms with Crippen LogP contribution in [-0.4, -0.2) is 49.0 Å². The number of amides is 3. The molecule has 0 bridgehead atoms. The number of alkyl carbamates (subject to hydrolysis) is 1. The number of ether oxygens (including phenoxy) is 2. The van der Waals surface area contributed by atoms with Crippen molar-refractivity contribution >= 4 is 29.5 Å². The van der Waals surface area contributed by atoms with Crippen molar-refractivity contribution in [1.82, 2.24) is 5.32 Å². The van der Waals surface area contributed by atoms with Crippen LogP contribution in [-0.2, 0) is 26.3 Å². The average Bonchev–Trinajstić information content (AvgIpc) is 3.26. The molecule has 1 spiro atoms. The summed E-state index contributed by atoms with van der Waals surface area (Å²) in [5.74, 6) is -0.621. The van der Waals surface area contributed by atoms with Gasteiger partial charge in [-0.15, -0.1) is 0 Å². The molecule has 10 heteroatoms. The van der Waals surface area contributed by atoms with Crippen LogP contribution in [0.3, 0.4) is 0 Å². The maximum Gasteiger partial charge on any atom is 0.411 e. The zero-order valence-electron chi connectivity index (χ0n) is 22.7. The number of hydrogen-bond donors (Lipinski definition) is 3. The molecule has 0 aromatic heterocycles. The molecule has 3 aliphatic rings. The molecule has 5 rings (SSSR count). The molecule has 0 radical (unpaired) electrons. The quantitative estimate of drug-likeness (QED) is 0.439. The molecular weight excluding hydrogens is 517 g/mol. The third-order valence-corrected chi connectivity index (χ3v) is 8.60. The minimum atomic E-state index is -1.18. The summed E-state index contributed by atoms with van der Waals surface area (Å²) in [5, 5.41) is 15.4. The van der Waals surface area contributed by atoms with E-state index in [1.165, 1.54) is 12.1 Å². The van der Waals surface area contributed by atoms with Crippen molar-refractivity contribution in [3.05, 3.63) is 59.4 Å². The van der Waals surface area contributed by atoms with E-state index < -0.39 is 35.4 Å². The Morgan fingerprint density at radius 1 is 1.12 bits per heavy atom. The average molecular weight is 554 g/mol. The van der Waals surface area contributed by atoms with Crippen LogP contribution in [0.15, 0.2) is 42.5 Å². The van der Waals surface area contributed by atoms with Gasteiger partial charge in [-0.05, 0) is 55.2 Å². The summed E-state index contributed by atoms with van der Waals surface area (Å²) in [6.07, 6.45) is 2.53. The summed E-state index contributed by atoms with van der Waals surface area (Å²) in [6, 6.07) is 11.1. The van der Waals surface area contributed by atoms with E-state index in [-0.39, 0.29) is 30.4 Å². The highest BCUT2D eigenvalue weighted by atomic mass is 19.1. The molecule has 2 aliphatic heterocycles. The lowest BCUT2D eigenvalue weighted by Crippen LogP contribution is -2.49. The number of nitrogens with zero attached hydrogens (tertiary/aromatic N) is 1. The molecule has 2 heterocycles. The first kappa shape index (κ1) is 27.9. The van der Waals surface area contributed by atoms with Gasteiger partial charge in [-0.1, -0.05) is 50.1 Å². The summed E-state index contributed by atoms with van der Waals surface area (Å²) in [6.45, 7) is 3.24. The van der Waals surface area contributed by atoms with Gasteiger partial charge in [-0.2, -0.15) is 0 Å². The summed E-state index contributed by atoms with van der Waals surface area (Å²) in [7, 11) is 0. The normalized spacial score (nSPS) is 22.3. The van der Waals surface area contributed by atoms with Crippen molar-refractivity contribution in [2.24, 2.45) is 11.8 Å². The predicted molar refractivity (Wildman–Crippen MR) is 147 cm³/mol. The first-order valence-electron chi connectivity index (χ1n) is 14.0. The highest BCUT2D eigenvalue weighted by Crippen LogP contribution is 2.49. The topological polar surface area (TPSA) is 117 Å². The van der Waals surface area contributed by atoms with Crippen LogP contribution < -0.4 is 15.5 Å². The first-order valence-corrected chi connectivity index (χ1v) is 14.0. The molecule has 2 aromatic carbocycles. The Bertz CT molecular complexity index is 1240. The number of fused-ring (bicyclic) bond motifs is 2. The Kier molecular flexibility index (Phi) is 8.25. The number of carbonyl (C=O) groups is 3. The number of hydrogen-bond acceptors (Lipinski definition) is 5. The van der Waals surface area contributed by atoms with Gasteiger partial charge in [-0.25, -0.2) is 14.0 Å². The number of carboxylic acid groups (broad SMARTS) is 1. The van der Waals surface area contributed by atoms with Crippen LogP contribution in [0.1, 0.15) is 56.6 Å². The number of benzene rings is 2. The van der Waals surface area contributed by atoms with Crippen LogP contribution >= 0.6 is 0 Å². The molecule has 1 unspecified atom stereocenters. The minimum Gasteiger partial charge on any atom is -0.465 e. The van der Waals surface area contributed by atoms with E-state index in [1.807, 2.05) is 30.3 Å². The lowest BCUT2D eigenvalue weighted by molar-refractivity contribution is -0.119. The van der Waals surface area contributed by atoms with E-state index >= 15 is 4.39 Å². The Morgan fingerprint density at radius 3 is 2.50 bits per heavy atom. The summed E-state index contributed by atoms with van der Waals surface area (Å²) < 4.78 is 26.5. The van der Waals surface area contributed by atoms with Gasteiger partial charge in [0.25, 0.3) is 0 Å². The summed E-state index contributed by atoms with van der Waals surface area (Å²) >= 11 is 0. The highest BCUT2D eigenvalue weighted by molar-refractivity contribution is 5.98. The number of nitrogens with one attached hydrogen (secondary N) is 2. The van der Waals surface area contributed by atoms with Crippen molar-refractivity contribution in [3.63, 3.8) is 0 Å². The van der Waals surface area contributed by atoms with Gasteiger partial charge in [0, 0.05) is 36.4 Å². The van der Waals surface area contributed by atoms with Crippen LogP contribution in [0.4, 0.5) is 25.4 Å². The van der Waals surface area contributed by atoms with Crippen molar-refractivity contribution in [2.75, 3.05) is 30.0 Å². The molecule has 214 valence electrons. The molecule has 2 fully saturated rings. The van der Waals surface area contributed by atoms with E-state index in [0.717, 1.165) is 36.1 Å². The largest absolute Gasteiger partial charge is 0.465 e. The molecule has 9 nitrogen and oxygen atoms in total. The first-order chi connectivity index (χ1) is 19.3. The van der Waals surface area contributed by atoms with Crippen molar-refractivity contribution in [3.8, 4) is 0 Å². The second-order valence-electron chi connectivity index (χ2n) is 11.3. The molecule has 40 heavy (non-hydrogen) atoms. The van der Waals surface area contributed by atoms with Crippen molar-refractivity contribution in [2.45, 2.75) is 63.5 Å². The zero-order chi connectivity index (χ0) is 28.3. The molecule has 3 amide bonds. The number of rotatable bonds is 6. The van der Waals surface area contributed by atoms with Gasteiger partial charge >= 0.3 is 12.2 Å². The lowest BCUT2D eigenvalue weighted by Gasteiger charge is -2.34. The second kappa shape index (κ2) is 11.8. The molecule has 3 N–H and O–H groups in total. The highest BCUT2D eigenvalue weighted by Gasteiger charge is 2.48. The van der Waals surface area contributed by atoms with Gasteiger partial charge < -0.3 is 25.2 Å². The second-order valence-corrected chi connectivity index (χ2v) is 11.3. The van der Waals surface area contributed by atoms with Crippen molar-refractivity contribution in [1.29, 1.82) is 0 Å².